The van der Waals surface area contributed by atoms with Crippen LogP contribution in [0.25, 0.3) is 0 Å². The third-order valence-electron chi connectivity index (χ3n) is 3.86. The summed E-state index contributed by atoms with van der Waals surface area (Å²) >= 11 is 1.67. The lowest BCUT2D eigenvalue weighted by Gasteiger charge is -2.22. The molecular weight excluding hydrogens is 284 g/mol. The molecule has 1 aliphatic heterocycles. The number of rotatable bonds is 5. The van der Waals surface area contributed by atoms with E-state index in [9.17, 15) is 4.79 Å². The summed E-state index contributed by atoms with van der Waals surface area (Å²) in [4.78, 5) is 15.5. The lowest BCUT2D eigenvalue weighted by Crippen LogP contribution is -2.36. The quantitative estimate of drug-likeness (QED) is 0.918. The van der Waals surface area contributed by atoms with Crippen molar-refractivity contribution in [1.29, 1.82) is 0 Å². The predicted octanol–water partition coefficient (Wildman–Crippen LogP) is 1.93. The normalized spacial score (nSPS) is 19.0. The van der Waals surface area contributed by atoms with Gasteiger partial charge >= 0.3 is 0 Å². The van der Waals surface area contributed by atoms with E-state index in [0.29, 0.717) is 19.1 Å². The van der Waals surface area contributed by atoms with Crippen molar-refractivity contribution in [2.45, 2.75) is 25.4 Å². The second-order valence-electron chi connectivity index (χ2n) is 5.43. The van der Waals surface area contributed by atoms with Gasteiger partial charge in [-0.05, 0) is 30.8 Å². The first kappa shape index (κ1) is 14.3. The number of thiophene rings is 1. The highest BCUT2D eigenvalue weighted by Crippen LogP contribution is 2.30. The first-order valence-corrected chi connectivity index (χ1v) is 8.12. The van der Waals surface area contributed by atoms with E-state index in [0.717, 1.165) is 19.4 Å². The molecule has 0 saturated carbocycles. The molecule has 1 aliphatic rings. The van der Waals surface area contributed by atoms with Gasteiger partial charge in [-0.25, -0.2) is 0 Å². The van der Waals surface area contributed by atoms with Gasteiger partial charge in [-0.1, -0.05) is 6.07 Å². The summed E-state index contributed by atoms with van der Waals surface area (Å²) < 4.78 is 1.82. The van der Waals surface area contributed by atoms with Crippen LogP contribution < -0.4 is 5.32 Å². The van der Waals surface area contributed by atoms with Crippen LogP contribution in [0, 0.1) is 0 Å². The minimum Gasteiger partial charge on any atom is -0.350 e. The van der Waals surface area contributed by atoms with Gasteiger partial charge in [0.2, 0.25) is 5.91 Å². The molecule has 112 valence electrons. The summed E-state index contributed by atoms with van der Waals surface area (Å²) in [6.45, 7) is 2.07. The summed E-state index contributed by atoms with van der Waals surface area (Å²) in [5.74, 6) is 0.0965. The first-order chi connectivity index (χ1) is 10.2. The number of likely N-dealkylation sites (tertiary alicyclic amines) is 1. The molecule has 2 aromatic heterocycles. The van der Waals surface area contributed by atoms with Crippen molar-refractivity contribution in [2.24, 2.45) is 7.05 Å². The minimum absolute atomic E-state index is 0.0965. The maximum atomic E-state index is 12.1. The van der Waals surface area contributed by atoms with Gasteiger partial charge in [0.15, 0.2) is 0 Å². The number of aromatic nitrogens is 2. The van der Waals surface area contributed by atoms with Gasteiger partial charge in [-0.2, -0.15) is 5.10 Å². The van der Waals surface area contributed by atoms with Gasteiger partial charge in [0.25, 0.3) is 0 Å². The molecule has 1 unspecified atom stereocenters. The number of hydrogen-bond donors (Lipinski definition) is 1. The lowest BCUT2D eigenvalue weighted by atomic mass is 10.1. The molecule has 0 aliphatic carbocycles. The number of nitrogens with zero attached hydrogens (tertiary/aromatic N) is 3. The van der Waals surface area contributed by atoms with E-state index >= 15 is 0 Å². The van der Waals surface area contributed by atoms with Gasteiger partial charge < -0.3 is 5.32 Å². The highest BCUT2D eigenvalue weighted by atomic mass is 32.1. The van der Waals surface area contributed by atoms with E-state index in [4.69, 9.17) is 0 Å². The molecule has 1 saturated heterocycles. The fraction of sp³-hybridized carbons (Fsp3) is 0.467. The summed E-state index contributed by atoms with van der Waals surface area (Å²) in [6, 6.07) is 4.37. The number of carbonyl (C=O) groups is 1. The van der Waals surface area contributed by atoms with Gasteiger partial charge in [-0.15, -0.1) is 11.3 Å². The Morgan fingerprint density at radius 3 is 3.19 bits per heavy atom. The minimum atomic E-state index is 0.0965. The van der Waals surface area contributed by atoms with Crippen LogP contribution in [0.15, 0.2) is 29.9 Å². The van der Waals surface area contributed by atoms with E-state index in [-0.39, 0.29) is 5.91 Å². The van der Waals surface area contributed by atoms with E-state index in [1.807, 2.05) is 41.6 Å². The molecule has 5 nitrogen and oxygen atoms in total. The average Bonchev–Trinajstić information content (AvgIpc) is 3.17. The van der Waals surface area contributed by atoms with Crippen LogP contribution in [0.1, 0.15) is 29.3 Å². The smallest absolute Gasteiger partial charge is 0.234 e. The molecule has 1 amide bonds. The largest absolute Gasteiger partial charge is 0.350 e. The van der Waals surface area contributed by atoms with Crippen LogP contribution in [-0.2, 0) is 18.4 Å². The van der Waals surface area contributed by atoms with E-state index in [1.54, 1.807) is 11.3 Å². The maximum Gasteiger partial charge on any atom is 0.234 e. The fourth-order valence-corrected chi connectivity index (χ4v) is 3.49. The highest BCUT2D eigenvalue weighted by molar-refractivity contribution is 7.09. The Morgan fingerprint density at radius 1 is 1.57 bits per heavy atom. The van der Waals surface area contributed by atoms with Crippen LogP contribution in [0.5, 0.6) is 0 Å². The predicted molar refractivity (Wildman–Crippen MR) is 82.9 cm³/mol. The van der Waals surface area contributed by atoms with Gasteiger partial charge in [-0.3, -0.25) is 14.4 Å². The summed E-state index contributed by atoms with van der Waals surface area (Å²) in [6.07, 6.45) is 6.20. The van der Waals surface area contributed by atoms with Gasteiger partial charge in [0.1, 0.15) is 0 Å². The second kappa shape index (κ2) is 6.41. The SMILES string of the molecule is Cn1cc(C2CCCN2CC(=O)NCc2cccs2)cn1. The fourth-order valence-electron chi connectivity index (χ4n) is 2.84. The Kier molecular flexibility index (Phi) is 4.36. The van der Waals surface area contributed by atoms with Crippen molar-refractivity contribution in [1.82, 2.24) is 20.0 Å². The third-order valence-corrected chi connectivity index (χ3v) is 4.74. The van der Waals surface area contributed by atoms with Crippen LogP contribution in [-0.4, -0.2) is 33.7 Å². The number of carbonyl (C=O) groups excluding carboxylic acids is 1. The number of nitrogens with one attached hydrogen (secondary N) is 1. The molecule has 3 heterocycles. The standard InChI is InChI=1S/C15H20N4OS/c1-18-10-12(8-17-18)14-5-2-6-19(14)11-15(20)16-9-13-4-3-7-21-13/h3-4,7-8,10,14H,2,5-6,9,11H2,1H3,(H,16,20). The molecule has 21 heavy (non-hydrogen) atoms. The Balaban J connectivity index is 1.54. The summed E-state index contributed by atoms with van der Waals surface area (Å²) in [5.41, 5.74) is 1.21. The van der Waals surface area contributed by atoms with Crippen molar-refractivity contribution in [3.63, 3.8) is 0 Å². The third kappa shape index (κ3) is 3.51. The van der Waals surface area contributed by atoms with Crippen LogP contribution in [0.3, 0.4) is 0 Å². The zero-order chi connectivity index (χ0) is 14.7. The number of aryl methyl sites for hydroxylation is 1. The molecule has 0 spiro atoms. The lowest BCUT2D eigenvalue weighted by molar-refractivity contribution is -0.122. The number of amides is 1. The van der Waals surface area contributed by atoms with Gasteiger partial charge in [0.05, 0.1) is 19.3 Å². The molecule has 1 atom stereocenters. The van der Waals surface area contributed by atoms with Crippen molar-refractivity contribution in [3.8, 4) is 0 Å². The molecule has 0 bridgehead atoms. The molecule has 2 aromatic rings. The van der Waals surface area contributed by atoms with Crippen molar-refractivity contribution in [3.05, 3.63) is 40.3 Å². The Hall–Kier alpha value is -1.66. The molecular formula is C15H20N4OS. The van der Waals surface area contributed by atoms with Crippen LogP contribution in [0.2, 0.25) is 0 Å². The average molecular weight is 304 g/mol. The summed E-state index contributed by atoms with van der Waals surface area (Å²) in [5, 5.41) is 9.26. The zero-order valence-corrected chi connectivity index (χ0v) is 13.0. The Labute approximate surface area is 128 Å². The van der Waals surface area contributed by atoms with E-state index < -0.39 is 0 Å². The monoisotopic (exact) mass is 304 g/mol. The van der Waals surface area contributed by atoms with Crippen molar-refractivity contribution >= 4 is 17.2 Å². The zero-order valence-electron chi connectivity index (χ0n) is 12.2. The van der Waals surface area contributed by atoms with Crippen molar-refractivity contribution in [2.75, 3.05) is 13.1 Å². The topological polar surface area (TPSA) is 50.2 Å². The first-order valence-electron chi connectivity index (χ1n) is 7.24. The van der Waals surface area contributed by atoms with E-state index in [1.165, 1.54) is 10.4 Å². The molecule has 0 radical (unpaired) electrons. The second-order valence-corrected chi connectivity index (χ2v) is 6.46. The van der Waals surface area contributed by atoms with Gasteiger partial charge in [0, 0.05) is 29.7 Å². The van der Waals surface area contributed by atoms with Crippen molar-refractivity contribution < 1.29 is 4.79 Å². The number of hydrogen-bond acceptors (Lipinski definition) is 4. The Morgan fingerprint density at radius 2 is 2.48 bits per heavy atom. The molecule has 1 fully saturated rings. The molecule has 0 aromatic carbocycles. The Bertz CT molecular complexity index is 593. The van der Waals surface area contributed by atoms with E-state index in [2.05, 4.69) is 15.3 Å². The van der Waals surface area contributed by atoms with Crippen LogP contribution >= 0.6 is 11.3 Å². The highest BCUT2D eigenvalue weighted by Gasteiger charge is 2.28. The van der Waals surface area contributed by atoms with Crippen LogP contribution in [0.4, 0.5) is 0 Å². The molecule has 6 heteroatoms. The summed E-state index contributed by atoms with van der Waals surface area (Å²) in [7, 11) is 1.93. The molecule has 1 N–H and O–H groups in total. The maximum absolute atomic E-state index is 12.1. The molecule has 3 rings (SSSR count).